The fourth-order valence-corrected chi connectivity index (χ4v) is 1.32. The molecule has 0 unspecified atom stereocenters. The van der Waals surface area contributed by atoms with Crippen LogP contribution in [0.1, 0.15) is 0 Å². The summed E-state index contributed by atoms with van der Waals surface area (Å²) in [5.74, 6) is 0. The molecule has 0 saturated carbocycles. The zero-order valence-electron chi connectivity index (χ0n) is 6.18. The average Bonchev–Trinajstić information content (AvgIpc) is 2.62. The van der Waals surface area contributed by atoms with Crippen molar-refractivity contribution < 1.29 is 4.63 Å². The van der Waals surface area contributed by atoms with Crippen molar-refractivity contribution in [2.75, 3.05) is 0 Å². The van der Waals surface area contributed by atoms with Crippen LogP contribution in [0.2, 0.25) is 0 Å². The van der Waals surface area contributed by atoms with E-state index in [-0.39, 0.29) is 0 Å². The van der Waals surface area contributed by atoms with Crippen molar-refractivity contribution in [3.63, 3.8) is 0 Å². The van der Waals surface area contributed by atoms with Gasteiger partial charge in [-0.15, -0.1) is 5.10 Å². The summed E-state index contributed by atoms with van der Waals surface area (Å²) in [5.41, 5.74) is 1.81. The Morgan fingerprint density at radius 3 is 3.50 bits per heavy atom. The Hall–Kier alpha value is -1.91. The molecule has 3 heterocycles. The van der Waals surface area contributed by atoms with Crippen LogP contribution in [0.5, 0.6) is 0 Å². The Morgan fingerprint density at radius 1 is 1.50 bits per heavy atom. The van der Waals surface area contributed by atoms with Gasteiger partial charge in [0.15, 0.2) is 5.52 Å². The first-order valence-corrected chi connectivity index (χ1v) is 3.62. The number of nitrogens with one attached hydrogen (secondary N) is 1. The average molecular weight is 160 g/mol. The number of aromatic amines is 1. The summed E-state index contributed by atoms with van der Waals surface area (Å²) in [7, 11) is 0. The smallest absolute Gasteiger partial charge is 0.230 e. The molecule has 12 heavy (non-hydrogen) atoms. The van der Waals surface area contributed by atoms with Crippen LogP contribution in [-0.4, -0.2) is 19.6 Å². The van der Waals surface area contributed by atoms with E-state index in [1.807, 2.05) is 27.6 Å². The summed E-state index contributed by atoms with van der Waals surface area (Å²) < 4.78 is 3.79. The van der Waals surface area contributed by atoms with E-state index in [2.05, 4.69) is 15.1 Å². The normalized spacial score (nSPS) is 11.3. The van der Waals surface area contributed by atoms with E-state index >= 15 is 0 Å². The predicted molar refractivity (Wildman–Crippen MR) is 40.5 cm³/mol. The molecule has 3 aromatic rings. The van der Waals surface area contributed by atoms with Crippen molar-refractivity contribution in [2.45, 2.75) is 0 Å². The van der Waals surface area contributed by atoms with Crippen LogP contribution >= 0.6 is 0 Å². The number of aromatic nitrogens is 5. The lowest BCUT2D eigenvalue weighted by Gasteiger charge is -1.79. The monoisotopic (exact) mass is 160 g/mol. The van der Waals surface area contributed by atoms with Crippen molar-refractivity contribution in [2.24, 2.45) is 0 Å². The summed E-state index contributed by atoms with van der Waals surface area (Å²) >= 11 is 0. The van der Waals surface area contributed by atoms with Crippen molar-refractivity contribution in [3.8, 4) is 0 Å². The van der Waals surface area contributed by atoms with Crippen LogP contribution in [-0.2, 0) is 0 Å². The van der Waals surface area contributed by atoms with Crippen molar-refractivity contribution in [1.29, 1.82) is 0 Å². The number of nitrogens with zero attached hydrogens (tertiary/aromatic N) is 4. The first kappa shape index (κ1) is 5.70. The first-order chi connectivity index (χ1) is 5.95. The van der Waals surface area contributed by atoms with Gasteiger partial charge in [-0.25, -0.2) is 9.97 Å². The highest BCUT2D eigenvalue weighted by atomic mass is 15.5. The molecule has 0 spiro atoms. The summed E-state index contributed by atoms with van der Waals surface area (Å²) in [6.45, 7) is 0. The minimum Gasteiger partial charge on any atom is -0.242 e. The van der Waals surface area contributed by atoms with Gasteiger partial charge in [-0.2, -0.15) is 0 Å². The van der Waals surface area contributed by atoms with Gasteiger partial charge in [-0.3, -0.25) is 0 Å². The summed E-state index contributed by atoms with van der Waals surface area (Å²) in [5, 5.41) is 3.09. The SMILES string of the molecule is c1cn2c3cncnc3[nH][n+]2c1. The maximum atomic E-state index is 4.08. The second-order valence-electron chi connectivity index (χ2n) is 2.55. The molecule has 3 rings (SSSR count). The van der Waals surface area contributed by atoms with Crippen molar-refractivity contribution in [1.82, 2.24) is 19.6 Å². The molecule has 1 N–H and O–H groups in total. The highest BCUT2D eigenvalue weighted by molar-refractivity contribution is 5.66. The van der Waals surface area contributed by atoms with Gasteiger partial charge in [-0.1, -0.05) is 4.52 Å². The molecular weight excluding hydrogens is 154 g/mol. The number of hydrogen-bond acceptors (Lipinski definition) is 2. The second kappa shape index (κ2) is 1.82. The van der Waals surface area contributed by atoms with Crippen LogP contribution in [0, 0.1) is 0 Å². The number of fused-ring (bicyclic) bond motifs is 3. The lowest BCUT2D eigenvalue weighted by molar-refractivity contribution is -0.669. The maximum absolute atomic E-state index is 4.08. The van der Waals surface area contributed by atoms with Crippen LogP contribution < -0.4 is 4.63 Å². The Bertz CT molecular complexity index is 534. The molecule has 58 valence electrons. The second-order valence-corrected chi connectivity index (χ2v) is 2.55. The van der Waals surface area contributed by atoms with Crippen LogP contribution in [0.3, 0.4) is 0 Å². The lowest BCUT2D eigenvalue weighted by Crippen LogP contribution is -2.26. The molecule has 0 bridgehead atoms. The third-order valence-corrected chi connectivity index (χ3v) is 1.85. The third kappa shape index (κ3) is 0.554. The Morgan fingerprint density at radius 2 is 2.50 bits per heavy atom. The molecule has 0 aromatic carbocycles. The summed E-state index contributed by atoms with van der Waals surface area (Å²) in [6, 6.07) is 1.95. The summed E-state index contributed by atoms with van der Waals surface area (Å²) in [6.07, 6.45) is 7.17. The van der Waals surface area contributed by atoms with Gasteiger partial charge in [0.1, 0.15) is 6.33 Å². The first-order valence-electron chi connectivity index (χ1n) is 3.62. The van der Waals surface area contributed by atoms with E-state index < -0.39 is 0 Å². The largest absolute Gasteiger partial charge is 0.242 e. The number of H-pyrrole nitrogens is 1. The number of hydrogen-bond donors (Lipinski definition) is 1. The molecule has 0 aliphatic rings. The van der Waals surface area contributed by atoms with Gasteiger partial charge in [0.25, 0.3) is 0 Å². The molecule has 0 atom stereocenters. The fraction of sp³-hybridized carbons (Fsp3) is 0. The molecule has 0 aliphatic heterocycles. The van der Waals surface area contributed by atoms with Gasteiger partial charge in [0.2, 0.25) is 11.8 Å². The molecule has 3 aromatic heterocycles. The number of rotatable bonds is 0. The van der Waals surface area contributed by atoms with Gasteiger partial charge in [0, 0.05) is 10.7 Å². The molecule has 0 radical (unpaired) electrons. The zero-order valence-corrected chi connectivity index (χ0v) is 6.18. The minimum absolute atomic E-state index is 0.839. The molecule has 0 fully saturated rings. The van der Waals surface area contributed by atoms with Gasteiger partial charge in [0.05, 0.1) is 12.4 Å². The molecule has 5 nitrogen and oxygen atoms in total. The Balaban J connectivity index is 2.68. The maximum Gasteiger partial charge on any atom is 0.230 e. The van der Waals surface area contributed by atoms with E-state index in [0.29, 0.717) is 0 Å². The molecule has 0 amide bonds. The highest BCUT2D eigenvalue weighted by Gasteiger charge is 2.09. The minimum atomic E-state index is 0.839. The van der Waals surface area contributed by atoms with Crippen LogP contribution in [0.15, 0.2) is 31.0 Å². The zero-order chi connectivity index (χ0) is 7.97. The van der Waals surface area contributed by atoms with Gasteiger partial charge in [-0.05, 0) is 0 Å². The van der Waals surface area contributed by atoms with E-state index in [0.717, 1.165) is 11.2 Å². The standard InChI is InChI=1S/C7H6N5/c1-2-11-6-4-8-5-9-7(6)10-12(11)3-1/h1-5H,(H,8,9,10)/q+1. The van der Waals surface area contributed by atoms with Crippen molar-refractivity contribution in [3.05, 3.63) is 31.0 Å². The van der Waals surface area contributed by atoms with Gasteiger partial charge < -0.3 is 0 Å². The van der Waals surface area contributed by atoms with Crippen molar-refractivity contribution >= 4 is 11.2 Å². The summed E-state index contributed by atoms with van der Waals surface area (Å²) in [4.78, 5) is 8.03. The highest BCUT2D eigenvalue weighted by Crippen LogP contribution is 2.01. The quantitative estimate of drug-likeness (QED) is 0.463. The molecule has 5 heteroatoms. The molecule has 0 saturated heterocycles. The van der Waals surface area contributed by atoms with Crippen LogP contribution in [0.4, 0.5) is 0 Å². The van der Waals surface area contributed by atoms with E-state index in [9.17, 15) is 0 Å². The Labute approximate surface area is 67.3 Å². The fourth-order valence-electron chi connectivity index (χ4n) is 1.32. The topological polar surface area (TPSA) is 50.1 Å². The molecular formula is C7H6N5+. The van der Waals surface area contributed by atoms with Gasteiger partial charge >= 0.3 is 0 Å². The van der Waals surface area contributed by atoms with E-state index in [1.54, 1.807) is 6.20 Å². The van der Waals surface area contributed by atoms with E-state index in [4.69, 9.17) is 0 Å². The Kier molecular flexibility index (Phi) is 0.864. The van der Waals surface area contributed by atoms with Crippen LogP contribution in [0.25, 0.3) is 11.2 Å². The van der Waals surface area contributed by atoms with E-state index in [1.165, 1.54) is 6.33 Å². The lowest BCUT2D eigenvalue weighted by atomic mass is 10.5. The predicted octanol–water partition coefficient (Wildman–Crippen LogP) is -0.204. The molecule has 0 aliphatic carbocycles. The third-order valence-electron chi connectivity index (χ3n) is 1.85.